The Morgan fingerprint density at radius 1 is 1.29 bits per heavy atom. The Hall–Kier alpha value is -2.70. The zero-order chi connectivity index (χ0) is 14.7. The highest BCUT2D eigenvalue weighted by molar-refractivity contribution is 5.82. The number of hydrogen-bond acceptors (Lipinski definition) is 6. The highest BCUT2D eigenvalue weighted by Gasteiger charge is 2.10. The normalized spacial score (nSPS) is 10.8. The van der Waals surface area contributed by atoms with Gasteiger partial charge in [-0.15, -0.1) is 0 Å². The fraction of sp³-hybridized carbons (Fsp3) is 0.286. The predicted octanol–water partition coefficient (Wildman–Crippen LogP) is 1.86. The van der Waals surface area contributed by atoms with Crippen LogP contribution in [0.5, 0.6) is 5.75 Å². The van der Waals surface area contributed by atoms with Gasteiger partial charge in [0, 0.05) is 24.8 Å². The van der Waals surface area contributed by atoms with Crippen molar-refractivity contribution in [1.29, 1.82) is 0 Å². The molecular formula is C14H16N6O. The van der Waals surface area contributed by atoms with Gasteiger partial charge in [-0.25, -0.2) is 15.0 Å². The van der Waals surface area contributed by atoms with Crippen LogP contribution < -0.4 is 10.1 Å². The van der Waals surface area contributed by atoms with Crippen molar-refractivity contribution < 1.29 is 4.74 Å². The Kier molecular flexibility index (Phi) is 3.63. The lowest BCUT2D eigenvalue weighted by Gasteiger charge is -2.09. The lowest BCUT2D eigenvalue weighted by Crippen LogP contribution is -2.05. The van der Waals surface area contributed by atoms with Crippen LogP contribution in [0.2, 0.25) is 0 Å². The quantitative estimate of drug-likeness (QED) is 0.770. The summed E-state index contributed by atoms with van der Waals surface area (Å²) in [6.45, 7) is 3.46. The summed E-state index contributed by atoms with van der Waals surface area (Å²) < 4.78 is 7.27. The number of nitrogens with zero attached hydrogens (tertiary/aromatic N) is 5. The van der Waals surface area contributed by atoms with Crippen LogP contribution in [-0.2, 0) is 13.1 Å². The van der Waals surface area contributed by atoms with Crippen LogP contribution >= 0.6 is 0 Å². The molecule has 108 valence electrons. The zero-order valence-electron chi connectivity index (χ0n) is 11.9. The molecule has 0 aliphatic rings. The third-order valence-corrected chi connectivity index (χ3v) is 3.28. The standard InChI is InChI=1S/C14H16N6O/c1-3-20-9-19-12-13(17-8-18-14(12)20)16-6-10-4-5-15-7-11(10)21-2/h4-5,7-9H,3,6H2,1-2H3,(H,16,17,18). The molecule has 3 aromatic rings. The van der Waals surface area contributed by atoms with Gasteiger partial charge in [-0.05, 0) is 13.0 Å². The lowest BCUT2D eigenvalue weighted by molar-refractivity contribution is 0.408. The number of ether oxygens (including phenoxy) is 1. The van der Waals surface area contributed by atoms with Crippen molar-refractivity contribution in [3.63, 3.8) is 0 Å². The van der Waals surface area contributed by atoms with Gasteiger partial charge in [0.05, 0.1) is 19.6 Å². The minimum Gasteiger partial charge on any atom is -0.495 e. The number of fused-ring (bicyclic) bond motifs is 1. The first-order valence-corrected chi connectivity index (χ1v) is 6.70. The van der Waals surface area contributed by atoms with Crippen LogP contribution in [0.15, 0.2) is 31.1 Å². The number of anilines is 1. The van der Waals surface area contributed by atoms with Crippen LogP contribution in [0, 0.1) is 0 Å². The molecule has 1 N–H and O–H groups in total. The molecule has 0 saturated heterocycles. The number of rotatable bonds is 5. The topological polar surface area (TPSA) is 77.8 Å². The third-order valence-electron chi connectivity index (χ3n) is 3.28. The van der Waals surface area contributed by atoms with E-state index in [1.807, 2.05) is 10.6 Å². The maximum absolute atomic E-state index is 5.29. The molecule has 0 radical (unpaired) electrons. The van der Waals surface area contributed by atoms with E-state index in [9.17, 15) is 0 Å². The monoisotopic (exact) mass is 284 g/mol. The van der Waals surface area contributed by atoms with Gasteiger partial charge in [0.15, 0.2) is 11.5 Å². The number of methoxy groups -OCH3 is 1. The molecule has 3 rings (SSSR count). The van der Waals surface area contributed by atoms with E-state index in [-0.39, 0.29) is 0 Å². The fourth-order valence-electron chi connectivity index (χ4n) is 2.16. The van der Waals surface area contributed by atoms with Gasteiger partial charge in [0.1, 0.15) is 17.6 Å². The van der Waals surface area contributed by atoms with E-state index < -0.39 is 0 Å². The van der Waals surface area contributed by atoms with Crippen molar-refractivity contribution in [2.75, 3.05) is 12.4 Å². The van der Waals surface area contributed by atoms with Crippen molar-refractivity contribution >= 4 is 17.0 Å². The molecule has 21 heavy (non-hydrogen) atoms. The molecule has 0 saturated carbocycles. The highest BCUT2D eigenvalue weighted by atomic mass is 16.5. The first-order chi connectivity index (χ1) is 10.3. The molecule has 0 fully saturated rings. The number of aromatic nitrogens is 5. The average molecular weight is 284 g/mol. The second-order valence-electron chi connectivity index (χ2n) is 4.47. The Morgan fingerprint density at radius 3 is 3.00 bits per heavy atom. The molecule has 0 aliphatic carbocycles. The Balaban J connectivity index is 1.87. The Labute approximate surface area is 122 Å². The lowest BCUT2D eigenvalue weighted by atomic mass is 10.2. The highest BCUT2D eigenvalue weighted by Crippen LogP contribution is 2.20. The smallest absolute Gasteiger partial charge is 0.165 e. The van der Waals surface area contributed by atoms with Crippen LogP contribution in [0.3, 0.4) is 0 Å². The molecule has 3 aromatic heterocycles. The van der Waals surface area contributed by atoms with Gasteiger partial charge < -0.3 is 14.6 Å². The van der Waals surface area contributed by atoms with Gasteiger partial charge >= 0.3 is 0 Å². The summed E-state index contributed by atoms with van der Waals surface area (Å²) in [5.74, 6) is 1.46. The van der Waals surface area contributed by atoms with Crippen LogP contribution in [0.1, 0.15) is 12.5 Å². The summed E-state index contributed by atoms with van der Waals surface area (Å²) in [7, 11) is 1.63. The molecule has 0 bridgehead atoms. The van der Waals surface area contributed by atoms with E-state index >= 15 is 0 Å². The first-order valence-electron chi connectivity index (χ1n) is 6.70. The number of hydrogen-bond donors (Lipinski definition) is 1. The molecular weight excluding hydrogens is 268 g/mol. The SMILES string of the molecule is CCn1cnc2c(NCc3ccncc3OC)ncnc21. The van der Waals surface area contributed by atoms with Gasteiger partial charge in [-0.1, -0.05) is 0 Å². The maximum atomic E-state index is 5.29. The van der Waals surface area contributed by atoms with Gasteiger partial charge in [-0.2, -0.15) is 0 Å². The summed E-state index contributed by atoms with van der Waals surface area (Å²) >= 11 is 0. The van der Waals surface area contributed by atoms with E-state index in [2.05, 4.69) is 32.2 Å². The zero-order valence-corrected chi connectivity index (χ0v) is 11.9. The van der Waals surface area contributed by atoms with E-state index in [0.29, 0.717) is 12.4 Å². The number of pyridine rings is 1. The average Bonchev–Trinajstić information content (AvgIpc) is 2.96. The van der Waals surface area contributed by atoms with Crippen molar-refractivity contribution in [3.8, 4) is 5.75 Å². The summed E-state index contributed by atoms with van der Waals surface area (Å²) in [5, 5.41) is 3.28. The third kappa shape index (κ3) is 2.49. The van der Waals surface area contributed by atoms with Crippen molar-refractivity contribution in [3.05, 3.63) is 36.7 Å². The Morgan fingerprint density at radius 2 is 2.19 bits per heavy atom. The van der Waals surface area contributed by atoms with E-state index in [1.165, 1.54) is 0 Å². The Bertz CT molecular complexity index is 754. The van der Waals surface area contributed by atoms with Crippen molar-refractivity contribution in [1.82, 2.24) is 24.5 Å². The summed E-state index contributed by atoms with van der Waals surface area (Å²) in [4.78, 5) is 17.0. The maximum Gasteiger partial charge on any atom is 0.165 e. The molecule has 3 heterocycles. The van der Waals surface area contributed by atoms with Crippen molar-refractivity contribution in [2.45, 2.75) is 20.0 Å². The molecule has 0 atom stereocenters. The van der Waals surface area contributed by atoms with Crippen LogP contribution in [0.4, 0.5) is 5.82 Å². The van der Waals surface area contributed by atoms with Crippen molar-refractivity contribution in [2.24, 2.45) is 0 Å². The van der Waals surface area contributed by atoms with Crippen LogP contribution in [-0.4, -0.2) is 31.6 Å². The van der Waals surface area contributed by atoms with Gasteiger partial charge in [-0.3, -0.25) is 4.98 Å². The summed E-state index contributed by atoms with van der Waals surface area (Å²) in [5.41, 5.74) is 2.61. The summed E-state index contributed by atoms with van der Waals surface area (Å²) in [6, 6.07) is 1.91. The van der Waals surface area contributed by atoms with Gasteiger partial charge in [0.25, 0.3) is 0 Å². The molecule has 0 spiro atoms. The molecule has 0 aromatic carbocycles. The van der Waals surface area contributed by atoms with Gasteiger partial charge in [0.2, 0.25) is 0 Å². The minimum absolute atomic E-state index is 0.580. The molecule has 0 aliphatic heterocycles. The molecule has 0 amide bonds. The molecule has 0 unspecified atom stereocenters. The minimum atomic E-state index is 0.580. The second-order valence-corrected chi connectivity index (χ2v) is 4.47. The number of nitrogens with one attached hydrogen (secondary N) is 1. The molecule has 7 heteroatoms. The van der Waals surface area contributed by atoms with Crippen LogP contribution in [0.25, 0.3) is 11.2 Å². The summed E-state index contributed by atoms with van der Waals surface area (Å²) in [6.07, 6.45) is 6.75. The number of aryl methyl sites for hydroxylation is 1. The largest absolute Gasteiger partial charge is 0.495 e. The molecule has 7 nitrogen and oxygen atoms in total. The first kappa shape index (κ1) is 13.3. The fourth-order valence-corrected chi connectivity index (χ4v) is 2.16. The van der Waals surface area contributed by atoms with E-state index in [4.69, 9.17) is 4.74 Å². The predicted molar refractivity (Wildman–Crippen MR) is 79.1 cm³/mol. The van der Waals surface area contributed by atoms with E-state index in [0.717, 1.165) is 29.0 Å². The van der Waals surface area contributed by atoms with E-state index in [1.54, 1.807) is 32.2 Å². The number of imidazole rings is 1. The second kappa shape index (κ2) is 5.74.